The number of amides is 3. The maximum absolute atomic E-state index is 12.9. The van der Waals surface area contributed by atoms with Crippen LogP contribution in [0.1, 0.15) is 65.1 Å². The molecule has 4 rings (SSSR count). The molecule has 0 bridgehead atoms. The maximum Gasteiger partial charge on any atom is 0.286 e. The number of carbonyl (C=O) groups excluding carboxylic acids is 3. The zero-order valence-electron chi connectivity index (χ0n) is 20.2. The summed E-state index contributed by atoms with van der Waals surface area (Å²) in [4.78, 5) is 41.8. The van der Waals surface area contributed by atoms with E-state index in [0.29, 0.717) is 37.8 Å². The first-order chi connectivity index (χ1) is 17.0. The summed E-state index contributed by atoms with van der Waals surface area (Å²) < 4.78 is 0. The number of likely N-dealkylation sites (tertiary alicyclic amines) is 2. The lowest BCUT2D eigenvalue weighted by molar-refractivity contribution is -0.122. The number of piperidine rings is 2. The first-order valence-corrected chi connectivity index (χ1v) is 13.3. The number of hydrogen-bond acceptors (Lipinski definition) is 7. The van der Waals surface area contributed by atoms with E-state index in [1.807, 2.05) is 18.2 Å². The van der Waals surface area contributed by atoms with E-state index in [9.17, 15) is 14.4 Å². The number of para-hydroxylation sites is 1. The molecular weight excluding hydrogens is 464 g/mol. The Morgan fingerprint density at radius 2 is 1.74 bits per heavy atom. The van der Waals surface area contributed by atoms with Crippen molar-refractivity contribution in [3.8, 4) is 0 Å². The lowest BCUT2D eigenvalue weighted by atomic mass is 9.93. The fraction of sp³-hybridized carbons (Fsp3) is 0.560. The Labute approximate surface area is 210 Å². The molecule has 35 heavy (non-hydrogen) atoms. The largest absolute Gasteiger partial charge is 0.355 e. The molecule has 2 N–H and O–H groups in total. The van der Waals surface area contributed by atoms with E-state index in [2.05, 4.69) is 32.7 Å². The van der Waals surface area contributed by atoms with Gasteiger partial charge >= 0.3 is 0 Å². The summed E-state index contributed by atoms with van der Waals surface area (Å²) >= 11 is 1.00. The third kappa shape index (κ3) is 7.08. The summed E-state index contributed by atoms with van der Waals surface area (Å²) in [6.07, 6.45) is 5.85. The van der Waals surface area contributed by atoms with Crippen LogP contribution < -0.4 is 10.6 Å². The van der Waals surface area contributed by atoms with Crippen LogP contribution in [-0.2, 0) is 4.79 Å². The van der Waals surface area contributed by atoms with E-state index in [1.165, 1.54) is 19.3 Å². The van der Waals surface area contributed by atoms with Crippen LogP contribution in [0, 0.1) is 5.92 Å². The van der Waals surface area contributed by atoms with Gasteiger partial charge in [-0.1, -0.05) is 36.0 Å². The first kappa shape index (κ1) is 25.2. The van der Waals surface area contributed by atoms with Gasteiger partial charge in [-0.2, -0.15) is 0 Å². The molecule has 0 aliphatic carbocycles. The Kier molecular flexibility index (Phi) is 8.81. The van der Waals surface area contributed by atoms with Crippen molar-refractivity contribution >= 4 is 34.7 Å². The summed E-state index contributed by atoms with van der Waals surface area (Å²) in [7, 11) is 0. The molecule has 2 aliphatic heterocycles. The fourth-order valence-corrected chi connectivity index (χ4v) is 5.45. The number of nitrogens with one attached hydrogen (secondary N) is 2. The Morgan fingerprint density at radius 3 is 2.49 bits per heavy atom. The average molecular weight is 499 g/mol. The molecule has 0 saturated carbocycles. The van der Waals surface area contributed by atoms with Gasteiger partial charge in [0.15, 0.2) is 0 Å². The van der Waals surface area contributed by atoms with Crippen LogP contribution in [0.5, 0.6) is 0 Å². The van der Waals surface area contributed by atoms with E-state index in [0.717, 1.165) is 37.3 Å². The molecular formula is C25H34N6O3S. The second kappa shape index (κ2) is 12.2. The lowest BCUT2D eigenvalue weighted by Gasteiger charge is -2.33. The van der Waals surface area contributed by atoms with Gasteiger partial charge in [0.2, 0.25) is 15.9 Å². The summed E-state index contributed by atoms with van der Waals surface area (Å²) in [5.74, 6) is -0.223. The standard InChI is InChI=1S/C25H34N6O3S/c1-18-7-5-6-13-30(18)16-12-26-21(32)17-19-10-14-31(15-11-19)25(34)24-29-28-23(35-24)22(33)27-20-8-3-2-4-9-20/h2-4,8-9,18-19H,5-7,10-17H2,1H3,(H,26,32)(H,27,33)/t18-/m0/s1. The molecule has 2 aliphatic rings. The van der Waals surface area contributed by atoms with Gasteiger partial charge in [-0.05, 0) is 57.2 Å². The minimum atomic E-state index is -0.382. The van der Waals surface area contributed by atoms with Gasteiger partial charge in [-0.3, -0.25) is 19.3 Å². The molecule has 1 atom stereocenters. The second-order valence-corrected chi connectivity index (χ2v) is 10.4. The third-order valence-electron chi connectivity index (χ3n) is 6.87. The molecule has 0 unspecified atom stereocenters. The maximum atomic E-state index is 12.9. The fourth-order valence-electron chi connectivity index (χ4n) is 4.75. The van der Waals surface area contributed by atoms with Gasteiger partial charge in [-0.25, -0.2) is 0 Å². The normalized spacial score (nSPS) is 19.3. The highest BCUT2D eigenvalue weighted by Crippen LogP contribution is 2.23. The molecule has 1 aromatic carbocycles. The minimum absolute atomic E-state index is 0.0950. The van der Waals surface area contributed by atoms with Gasteiger partial charge in [0.25, 0.3) is 11.8 Å². The molecule has 3 amide bonds. The predicted molar refractivity (Wildman–Crippen MR) is 135 cm³/mol. The van der Waals surface area contributed by atoms with Gasteiger partial charge < -0.3 is 15.5 Å². The highest BCUT2D eigenvalue weighted by atomic mass is 32.1. The van der Waals surface area contributed by atoms with Crippen molar-refractivity contribution in [1.82, 2.24) is 25.3 Å². The van der Waals surface area contributed by atoms with Gasteiger partial charge in [-0.15, -0.1) is 10.2 Å². The molecule has 0 radical (unpaired) electrons. The van der Waals surface area contributed by atoms with Crippen LogP contribution in [0.4, 0.5) is 5.69 Å². The van der Waals surface area contributed by atoms with Gasteiger partial charge in [0.05, 0.1) is 0 Å². The molecule has 2 saturated heterocycles. The Morgan fingerprint density at radius 1 is 1.00 bits per heavy atom. The van der Waals surface area contributed by atoms with Crippen molar-refractivity contribution in [3.05, 3.63) is 40.3 Å². The Balaban J connectivity index is 1.18. The molecule has 9 nitrogen and oxygen atoms in total. The zero-order valence-corrected chi connectivity index (χ0v) is 21.1. The van der Waals surface area contributed by atoms with E-state index in [-0.39, 0.29) is 33.7 Å². The van der Waals surface area contributed by atoms with Crippen LogP contribution in [0.15, 0.2) is 30.3 Å². The van der Waals surface area contributed by atoms with Crippen LogP contribution in [-0.4, -0.2) is 76.5 Å². The first-order valence-electron chi connectivity index (χ1n) is 12.5. The van der Waals surface area contributed by atoms with E-state index in [1.54, 1.807) is 17.0 Å². The van der Waals surface area contributed by atoms with E-state index < -0.39 is 0 Å². The summed E-state index contributed by atoms with van der Waals surface area (Å²) in [5, 5.41) is 14.0. The number of benzene rings is 1. The molecule has 0 spiro atoms. The molecule has 2 fully saturated rings. The van der Waals surface area contributed by atoms with E-state index >= 15 is 0 Å². The minimum Gasteiger partial charge on any atom is -0.355 e. The Hall–Kier alpha value is -2.85. The average Bonchev–Trinajstić information content (AvgIpc) is 3.37. The smallest absolute Gasteiger partial charge is 0.286 e. The van der Waals surface area contributed by atoms with Crippen molar-refractivity contribution in [2.24, 2.45) is 5.92 Å². The van der Waals surface area contributed by atoms with Crippen molar-refractivity contribution in [1.29, 1.82) is 0 Å². The monoisotopic (exact) mass is 498 g/mol. The second-order valence-electron chi connectivity index (χ2n) is 9.40. The SMILES string of the molecule is C[C@H]1CCCCN1CCNC(=O)CC1CCN(C(=O)c2nnc(C(=O)Nc3ccccc3)s2)CC1. The predicted octanol–water partition coefficient (Wildman–Crippen LogP) is 3.02. The van der Waals surface area contributed by atoms with Crippen LogP contribution in [0.25, 0.3) is 0 Å². The van der Waals surface area contributed by atoms with Crippen molar-refractivity contribution in [2.45, 2.75) is 51.5 Å². The number of aromatic nitrogens is 2. The van der Waals surface area contributed by atoms with Crippen LogP contribution in [0.2, 0.25) is 0 Å². The van der Waals surface area contributed by atoms with Crippen molar-refractivity contribution < 1.29 is 14.4 Å². The summed E-state index contributed by atoms with van der Waals surface area (Å²) in [6.45, 7) is 6.14. The number of carbonyl (C=O) groups is 3. The number of rotatable bonds is 8. The quantitative estimate of drug-likeness (QED) is 0.579. The number of nitrogens with zero attached hydrogens (tertiary/aromatic N) is 4. The molecule has 1 aromatic heterocycles. The van der Waals surface area contributed by atoms with Crippen molar-refractivity contribution in [2.75, 3.05) is 38.0 Å². The van der Waals surface area contributed by atoms with Gasteiger partial charge in [0.1, 0.15) is 0 Å². The van der Waals surface area contributed by atoms with Gasteiger partial charge in [0, 0.05) is 44.3 Å². The molecule has 2 aromatic rings. The number of anilines is 1. The highest BCUT2D eigenvalue weighted by molar-refractivity contribution is 7.15. The van der Waals surface area contributed by atoms with Crippen LogP contribution in [0.3, 0.4) is 0 Å². The van der Waals surface area contributed by atoms with Crippen LogP contribution >= 0.6 is 11.3 Å². The van der Waals surface area contributed by atoms with Crippen molar-refractivity contribution in [3.63, 3.8) is 0 Å². The molecule has 188 valence electrons. The molecule has 3 heterocycles. The lowest BCUT2D eigenvalue weighted by Crippen LogP contribution is -2.43. The zero-order chi connectivity index (χ0) is 24.6. The topological polar surface area (TPSA) is 108 Å². The molecule has 10 heteroatoms. The summed E-state index contributed by atoms with van der Waals surface area (Å²) in [6, 6.07) is 9.69. The Bertz CT molecular complexity index is 1010. The number of hydrogen-bond donors (Lipinski definition) is 2. The third-order valence-corrected chi connectivity index (χ3v) is 7.78. The highest BCUT2D eigenvalue weighted by Gasteiger charge is 2.28. The summed E-state index contributed by atoms with van der Waals surface area (Å²) in [5.41, 5.74) is 0.660. The van der Waals surface area contributed by atoms with E-state index in [4.69, 9.17) is 0 Å².